The molecule has 1 unspecified atom stereocenters. The fourth-order valence-corrected chi connectivity index (χ4v) is 4.06. The molecule has 3 heterocycles. The minimum absolute atomic E-state index is 0.350. The lowest BCUT2D eigenvalue weighted by molar-refractivity contribution is -0.0111. The molecule has 0 bridgehead atoms. The number of H-pyrrole nitrogens is 1. The van der Waals surface area contributed by atoms with E-state index < -0.39 is 6.23 Å². The predicted octanol–water partition coefficient (Wildman–Crippen LogP) is 1.83. The van der Waals surface area contributed by atoms with Gasteiger partial charge in [-0.05, 0) is 24.0 Å². The number of aliphatic hydroxyl groups is 1. The van der Waals surface area contributed by atoms with Gasteiger partial charge in [-0.3, -0.25) is 4.90 Å². The highest BCUT2D eigenvalue weighted by atomic mass is 16.3. The first-order valence-corrected chi connectivity index (χ1v) is 9.35. The van der Waals surface area contributed by atoms with Crippen molar-refractivity contribution in [1.82, 2.24) is 24.8 Å². The molecule has 27 heavy (non-hydrogen) atoms. The number of rotatable bonds is 4. The van der Waals surface area contributed by atoms with E-state index >= 15 is 0 Å². The molecule has 1 aromatic carbocycles. The van der Waals surface area contributed by atoms with Gasteiger partial charge in [-0.15, -0.1) is 0 Å². The Kier molecular flexibility index (Phi) is 4.10. The molecule has 3 aromatic rings. The van der Waals surface area contributed by atoms with Gasteiger partial charge in [0.05, 0.1) is 23.9 Å². The van der Waals surface area contributed by atoms with E-state index in [1.54, 1.807) is 12.5 Å². The highest BCUT2D eigenvalue weighted by molar-refractivity contribution is 5.39. The first-order chi connectivity index (χ1) is 13.3. The van der Waals surface area contributed by atoms with Gasteiger partial charge in [-0.25, -0.2) is 15.0 Å². The second kappa shape index (κ2) is 6.75. The third-order valence-electron chi connectivity index (χ3n) is 5.49. The van der Waals surface area contributed by atoms with Crippen LogP contribution in [0.4, 0.5) is 5.95 Å². The van der Waals surface area contributed by atoms with Crippen molar-refractivity contribution in [2.24, 2.45) is 0 Å². The normalized spacial score (nSPS) is 18.1. The summed E-state index contributed by atoms with van der Waals surface area (Å²) in [6.07, 6.45) is 7.26. The fourth-order valence-electron chi connectivity index (χ4n) is 4.06. The third kappa shape index (κ3) is 3.20. The quantitative estimate of drug-likeness (QED) is 0.656. The number of hydrogen-bond donors (Lipinski definition) is 3. The predicted molar refractivity (Wildman–Crippen MR) is 101 cm³/mol. The van der Waals surface area contributed by atoms with Gasteiger partial charge < -0.3 is 15.4 Å². The maximum Gasteiger partial charge on any atom is 0.223 e. The zero-order valence-corrected chi connectivity index (χ0v) is 15.0. The van der Waals surface area contributed by atoms with Gasteiger partial charge in [0.15, 0.2) is 0 Å². The molecule has 1 atom stereocenters. The molecule has 0 amide bonds. The molecule has 1 aliphatic heterocycles. The zero-order valence-electron chi connectivity index (χ0n) is 15.0. The van der Waals surface area contributed by atoms with E-state index in [1.165, 1.54) is 11.1 Å². The summed E-state index contributed by atoms with van der Waals surface area (Å²) in [6.45, 7) is 1.38. The lowest BCUT2D eigenvalue weighted by atomic mass is 10.1. The average Bonchev–Trinajstić information content (AvgIpc) is 3.36. The fraction of sp³-hybridized carbons (Fsp3) is 0.350. The number of aliphatic hydroxyl groups excluding tert-OH is 1. The summed E-state index contributed by atoms with van der Waals surface area (Å²) in [5, 5.41) is 14.0. The van der Waals surface area contributed by atoms with Crippen molar-refractivity contribution >= 4 is 5.95 Å². The molecular formula is C20H22N6O. The second-order valence-corrected chi connectivity index (χ2v) is 7.28. The first-order valence-electron chi connectivity index (χ1n) is 9.35. The molecule has 1 aliphatic carbocycles. The second-order valence-electron chi connectivity index (χ2n) is 7.28. The number of aromatic nitrogens is 4. The van der Waals surface area contributed by atoms with Crippen LogP contribution in [0.5, 0.6) is 0 Å². The molecule has 0 spiro atoms. The minimum atomic E-state index is -0.685. The van der Waals surface area contributed by atoms with E-state index in [4.69, 9.17) is 4.98 Å². The van der Waals surface area contributed by atoms with E-state index in [0.29, 0.717) is 24.2 Å². The van der Waals surface area contributed by atoms with Gasteiger partial charge >= 0.3 is 0 Å². The summed E-state index contributed by atoms with van der Waals surface area (Å²) < 4.78 is 0. The lowest BCUT2D eigenvalue weighted by Gasteiger charge is -2.31. The molecule has 7 nitrogen and oxygen atoms in total. The number of fused-ring (bicyclic) bond motifs is 2. The Balaban J connectivity index is 1.27. The third-order valence-corrected chi connectivity index (χ3v) is 5.49. The Labute approximate surface area is 157 Å². The SMILES string of the molecule is OC(c1cnc[nH]1)N1CCc2nc(NC3Cc4ccccc4C3)ncc2C1. The Morgan fingerprint density at radius 1 is 1.15 bits per heavy atom. The molecule has 2 aromatic heterocycles. The highest BCUT2D eigenvalue weighted by Crippen LogP contribution is 2.26. The maximum absolute atomic E-state index is 10.5. The molecule has 0 saturated carbocycles. The number of nitrogens with zero attached hydrogens (tertiary/aromatic N) is 4. The van der Waals surface area contributed by atoms with Crippen molar-refractivity contribution < 1.29 is 5.11 Å². The summed E-state index contributed by atoms with van der Waals surface area (Å²) >= 11 is 0. The van der Waals surface area contributed by atoms with Crippen LogP contribution in [0.1, 0.15) is 34.3 Å². The van der Waals surface area contributed by atoms with Crippen molar-refractivity contribution in [1.29, 1.82) is 0 Å². The molecule has 0 radical (unpaired) electrons. The van der Waals surface area contributed by atoms with Crippen LogP contribution in [-0.4, -0.2) is 42.5 Å². The van der Waals surface area contributed by atoms with Gasteiger partial charge in [-0.2, -0.15) is 0 Å². The molecule has 5 rings (SSSR count). The van der Waals surface area contributed by atoms with Crippen LogP contribution in [0.15, 0.2) is 43.0 Å². The van der Waals surface area contributed by atoms with Gasteiger partial charge in [0.2, 0.25) is 5.95 Å². The standard InChI is InChI=1S/C20H22N6O/c27-19(18-10-21-12-23-18)26-6-5-17-15(11-26)9-22-20(25-17)24-16-7-13-3-1-2-4-14(13)8-16/h1-4,9-10,12,16,19,27H,5-8,11H2,(H,21,23)(H,22,24,25). The van der Waals surface area contributed by atoms with Crippen LogP contribution < -0.4 is 5.32 Å². The zero-order chi connectivity index (χ0) is 18.2. The monoisotopic (exact) mass is 362 g/mol. The van der Waals surface area contributed by atoms with Gasteiger partial charge in [0.1, 0.15) is 6.23 Å². The van der Waals surface area contributed by atoms with Crippen molar-refractivity contribution in [3.05, 3.63) is 71.1 Å². The lowest BCUT2D eigenvalue weighted by Crippen LogP contribution is -2.35. The smallest absolute Gasteiger partial charge is 0.223 e. The van der Waals surface area contributed by atoms with Crippen LogP contribution in [-0.2, 0) is 25.8 Å². The van der Waals surface area contributed by atoms with Crippen LogP contribution in [0, 0.1) is 0 Å². The summed E-state index contributed by atoms with van der Waals surface area (Å²) in [4.78, 5) is 18.2. The molecule has 7 heteroatoms. The summed E-state index contributed by atoms with van der Waals surface area (Å²) in [7, 11) is 0. The largest absolute Gasteiger partial charge is 0.372 e. The number of benzene rings is 1. The molecule has 2 aliphatic rings. The van der Waals surface area contributed by atoms with Gasteiger partial charge in [0.25, 0.3) is 0 Å². The molecule has 138 valence electrons. The first kappa shape index (κ1) is 16.4. The molecule has 3 N–H and O–H groups in total. The maximum atomic E-state index is 10.5. The van der Waals surface area contributed by atoms with Crippen LogP contribution >= 0.6 is 0 Å². The van der Waals surface area contributed by atoms with Gasteiger partial charge in [0, 0.05) is 37.3 Å². The van der Waals surface area contributed by atoms with Crippen molar-refractivity contribution in [2.45, 2.75) is 38.1 Å². The Morgan fingerprint density at radius 3 is 2.70 bits per heavy atom. The number of aromatic amines is 1. The number of nitrogens with one attached hydrogen (secondary N) is 2. The molecule has 0 fully saturated rings. The summed E-state index contributed by atoms with van der Waals surface area (Å²) in [6, 6.07) is 8.94. The van der Waals surface area contributed by atoms with Crippen molar-refractivity contribution in [3.8, 4) is 0 Å². The minimum Gasteiger partial charge on any atom is -0.372 e. The Morgan fingerprint density at radius 2 is 1.96 bits per heavy atom. The number of anilines is 1. The van der Waals surface area contributed by atoms with Crippen molar-refractivity contribution in [2.75, 3.05) is 11.9 Å². The number of hydrogen-bond acceptors (Lipinski definition) is 6. The average molecular weight is 362 g/mol. The van der Waals surface area contributed by atoms with E-state index in [-0.39, 0.29) is 0 Å². The van der Waals surface area contributed by atoms with Crippen LogP contribution in [0.3, 0.4) is 0 Å². The van der Waals surface area contributed by atoms with E-state index in [2.05, 4.69) is 44.5 Å². The topological polar surface area (TPSA) is 90.0 Å². The summed E-state index contributed by atoms with van der Waals surface area (Å²) in [5.41, 5.74) is 5.67. The van der Waals surface area contributed by atoms with Gasteiger partial charge in [-0.1, -0.05) is 24.3 Å². The Bertz CT molecular complexity index is 916. The van der Waals surface area contributed by atoms with E-state index in [9.17, 15) is 5.11 Å². The highest BCUT2D eigenvalue weighted by Gasteiger charge is 2.26. The number of imidazole rings is 1. The molecule has 0 saturated heterocycles. The molecular weight excluding hydrogens is 340 g/mol. The van der Waals surface area contributed by atoms with E-state index in [0.717, 1.165) is 37.1 Å². The Hall–Kier alpha value is -2.77. The van der Waals surface area contributed by atoms with Crippen molar-refractivity contribution in [3.63, 3.8) is 0 Å². The van der Waals surface area contributed by atoms with E-state index in [1.807, 2.05) is 11.1 Å². The van der Waals surface area contributed by atoms with Crippen LogP contribution in [0.25, 0.3) is 0 Å². The van der Waals surface area contributed by atoms with Crippen LogP contribution in [0.2, 0.25) is 0 Å². The summed E-state index contributed by atoms with van der Waals surface area (Å²) in [5.74, 6) is 0.703.